The van der Waals surface area contributed by atoms with Gasteiger partial charge in [-0.15, -0.1) is 0 Å². The number of phosphoric acid groups is 2. The predicted molar refractivity (Wildman–Crippen MR) is 335 cm³/mol. The van der Waals surface area contributed by atoms with Gasteiger partial charge < -0.3 is 33.8 Å². The van der Waals surface area contributed by atoms with Gasteiger partial charge in [0, 0.05) is 25.7 Å². The molecule has 0 aromatic heterocycles. The second kappa shape index (κ2) is 58.7. The maximum atomic E-state index is 13.0. The fourth-order valence-corrected chi connectivity index (χ4v) is 11.3. The molecule has 3 N–H and O–H groups in total. The molecule has 0 aromatic rings. The molecule has 0 aromatic carbocycles. The Balaban J connectivity index is 5.18. The van der Waals surface area contributed by atoms with Crippen LogP contribution in [-0.4, -0.2) is 96.7 Å². The summed E-state index contributed by atoms with van der Waals surface area (Å²) in [6, 6.07) is 0. The summed E-state index contributed by atoms with van der Waals surface area (Å²) >= 11 is 0. The molecular formula is C65H126O17P2. The van der Waals surface area contributed by atoms with E-state index in [9.17, 15) is 43.2 Å². The van der Waals surface area contributed by atoms with Crippen molar-refractivity contribution in [3.05, 3.63) is 0 Å². The topological polar surface area (TPSA) is 237 Å². The quantitative estimate of drug-likeness (QED) is 0.0222. The largest absolute Gasteiger partial charge is 0.472 e. The van der Waals surface area contributed by atoms with Crippen molar-refractivity contribution in [2.45, 2.75) is 348 Å². The van der Waals surface area contributed by atoms with Gasteiger partial charge in [-0.1, -0.05) is 279 Å². The van der Waals surface area contributed by atoms with Gasteiger partial charge in [0.1, 0.15) is 19.3 Å². The molecule has 0 amide bonds. The number of rotatable bonds is 65. The third-order valence-corrected chi connectivity index (χ3v) is 16.9. The average molecular weight is 1240 g/mol. The molecule has 0 aliphatic carbocycles. The van der Waals surface area contributed by atoms with Crippen LogP contribution in [0.5, 0.6) is 0 Å². The number of aliphatic hydroxyl groups excluding tert-OH is 1. The molecule has 19 heteroatoms. The highest BCUT2D eigenvalue weighted by molar-refractivity contribution is 7.47. The molecule has 0 saturated carbocycles. The summed E-state index contributed by atoms with van der Waals surface area (Å²) in [5.74, 6) is -1.47. The number of carbonyl (C=O) groups excluding carboxylic acids is 4. The Kier molecular flexibility index (Phi) is 57.4. The Morgan fingerprint density at radius 2 is 0.548 bits per heavy atom. The monoisotopic (exact) mass is 1240 g/mol. The fraction of sp³-hybridized carbons (Fsp3) is 0.938. The zero-order valence-corrected chi connectivity index (χ0v) is 55.8. The van der Waals surface area contributed by atoms with Gasteiger partial charge in [-0.2, -0.15) is 0 Å². The Labute approximate surface area is 511 Å². The predicted octanol–water partition coefficient (Wildman–Crippen LogP) is 18.2. The maximum absolute atomic E-state index is 13.0. The minimum absolute atomic E-state index is 0.102. The van der Waals surface area contributed by atoms with E-state index in [-0.39, 0.29) is 25.7 Å². The lowest BCUT2D eigenvalue weighted by atomic mass is 10.0. The average Bonchev–Trinajstić information content (AvgIpc) is 3.66. The lowest BCUT2D eigenvalue weighted by Gasteiger charge is -2.21. The summed E-state index contributed by atoms with van der Waals surface area (Å²) in [6.07, 6.45) is 43.4. The van der Waals surface area contributed by atoms with E-state index in [1.165, 1.54) is 141 Å². The van der Waals surface area contributed by atoms with Crippen molar-refractivity contribution >= 4 is 39.5 Å². The van der Waals surface area contributed by atoms with E-state index in [4.69, 9.17) is 37.0 Å². The highest BCUT2D eigenvalue weighted by Gasteiger charge is 2.30. The number of aliphatic hydroxyl groups is 1. The molecule has 0 bridgehead atoms. The Morgan fingerprint density at radius 1 is 0.321 bits per heavy atom. The highest BCUT2D eigenvalue weighted by atomic mass is 31.2. The van der Waals surface area contributed by atoms with Gasteiger partial charge in [0.2, 0.25) is 0 Å². The van der Waals surface area contributed by atoms with Crippen LogP contribution in [0.25, 0.3) is 0 Å². The van der Waals surface area contributed by atoms with E-state index in [1.807, 2.05) is 0 Å². The van der Waals surface area contributed by atoms with Crippen LogP contribution in [0.3, 0.4) is 0 Å². The van der Waals surface area contributed by atoms with E-state index in [0.717, 1.165) is 103 Å². The molecular weight excluding hydrogens is 1110 g/mol. The van der Waals surface area contributed by atoms with Crippen molar-refractivity contribution in [2.75, 3.05) is 39.6 Å². The van der Waals surface area contributed by atoms with Crippen LogP contribution in [0.4, 0.5) is 0 Å². The molecule has 2 unspecified atom stereocenters. The normalized spacial score (nSPS) is 14.2. The van der Waals surface area contributed by atoms with E-state index in [2.05, 4.69) is 34.6 Å². The Morgan fingerprint density at radius 3 is 0.810 bits per heavy atom. The first-order valence-corrected chi connectivity index (χ1v) is 37.1. The van der Waals surface area contributed by atoms with E-state index in [0.29, 0.717) is 31.6 Å². The minimum Gasteiger partial charge on any atom is -0.462 e. The molecule has 498 valence electrons. The van der Waals surface area contributed by atoms with Crippen LogP contribution in [0.2, 0.25) is 0 Å². The molecule has 0 fully saturated rings. The summed E-state index contributed by atoms with van der Waals surface area (Å²) in [4.78, 5) is 72.1. The first kappa shape index (κ1) is 82.1. The van der Waals surface area contributed by atoms with E-state index in [1.54, 1.807) is 0 Å². The van der Waals surface area contributed by atoms with Crippen LogP contribution in [-0.2, 0) is 65.4 Å². The molecule has 0 radical (unpaired) electrons. The zero-order chi connectivity index (χ0) is 62.0. The molecule has 84 heavy (non-hydrogen) atoms. The lowest BCUT2D eigenvalue weighted by Crippen LogP contribution is -2.30. The summed E-state index contributed by atoms with van der Waals surface area (Å²) in [6.45, 7) is 7.07. The van der Waals surface area contributed by atoms with Gasteiger partial charge >= 0.3 is 39.5 Å². The summed E-state index contributed by atoms with van der Waals surface area (Å²) in [5, 5.41) is 10.5. The van der Waals surface area contributed by atoms with Crippen LogP contribution in [0.15, 0.2) is 0 Å². The smallest absolute Gasteiger partial charge is 0.462 e. The number of esters is 4. The van der Waals surface area contributed by atoms with E-state index >= 15 is 0 Å². The van der Waals surface area contributed by atoms with E-state index < -0.39 is 97.5 Å². The van der Waals surface area contributed by atoms with Crippen molar-refractivity contribution in [3.8, 4) is 0 Å². The van der Waals surface area contributed by atoms with Crippen molar-refractivity contribution in [1.29, 1.82) is 0 Å². The molecule has 0 spiro atoms. The summed E-state index contributed by atoms with van der Waals surface area (Å²) < 4.78 is 67.9. The molecule has 0 aliphatic rings. The van der Waals surface area contributed by atoms with Gasteiger partial charge in [-0.25, -0.2) is 9.13 Å². The minimum atomic E-state index is -4.94. The first-order chi connectivity index (χ1) is 40.5. The highest BCUT2D eigenvalue weighted by Crippen LogP contribution is 2.45. The van der Waals surface area contributed by atoms with Gasteiger partial charge in [-0.3, -0.25) is 37.3 Å². The van der Waals surface area contributed by atoms with Crippen LogP contribution < -0.4 is 0 Å². The first-order valence-electron chi connectivity index (χ1n) is 34.1. The standard InChI is InChI=1S/C65H126O17P2/c1-6-9-12-15-18-20-22-23-24-25-26-27-29-31-34-40-45-50-64(69)81-60(55-76-63(68)49-44-39-33-30-28-21-19-16-13-10-7-2)56-79-83(71,72)77-52-59(66)53-78-84(73,74)80-57-61(54-75-62(67)48-43-38-32-17-14-11-8-3)82-65(70)51-46-41-36-35-37-42-47-58(4)5/h58-61,66H,6-57H2,1-5H3,(H,71,72)(H,73,74)/t59-,60-,61-/m1/s1. The molecule has 0 aliphatic heterocycles. The third kappa shape index (κ3) is 59.0. The fourth-order valence-electron chi connectivity index (χ4n) is 9.76. The Bertz CT molecular complexity index is 1640. The number of hydrogen-bond acceptors (Lipinski definition) is 15. The number of hydrogen-bond donors (Lipinski definition) is 3. The SMILES string of the molecule is CCCCCCCCCCCCCCCCCCCC(=O)O[C@H](COC(=O)CCCCCCCCCCCCC)COP(=O)(O)OC[C@@H](O)COP(=O)(O)OC[C@@H](COC(=O)CCCCCCCCC)OC(=O)CCCCCCCCC(C)C. The summed E-state index contributed by atoms with van der Waals surface area (Å²) in [7, 11) is -9.88. The van der Waals surface area contributed by atoms with Gasteiger partial charge in [0.25, 0.3) is 0 Å². The van der Waals surface area contributed by atoms with Gasteiger partial charge in [0.15, 0.2) is 12.2 Å². The van der Waals surface area contributed by atoms with Crippen molar-refractivity contribution in [1.82, 2.24) is 0 Å². The summed E-state index contributed by atoms with van der Waals surface area (Å²) in [5.41, 5.74) is 0. The van der Waals surface area contributed by atoms with Gasteiger partial charge in [0.05, 0.1) is 26.4 Å². The third-order valence-electron chi connectivity index (χ3n) is 15.0. The number of phosphoric ester groups is 2. The molecule has 17 nitrogen and oxygen atoms in total. The van der Waals surface area contributed by atoms with Crippen LogP contribution in [0.1, 0.15) is 330 Å². The van der Waals surface area contributed by atoms with Gasteiger partial charge in [-0.05, 0) is 31.6 Å². The maximum Gasteiger partial charge on any atom is 0.472 e. The van der Waals surface area contributed by atoms with Crippen LogP contribution >= 0.6 is 15.6 Å². The Hall–Kier alpha value is -1.94. The van der Waals surface area contributed by atoms with Crippen molar-refractivity contribution in [2.24, 2.45) is 5.92 Å². The molecule has 0 saturated heterocycles. The molecule has 5 atom stereocenters. The zero-order valence-electron chi connectivity index (χ0n) is 54.0. The second-order valence-electron chi connectivity index (χ2n) is 24.0. The number of carbonyl (C=O) groups is 4. The number of ether oxygens (including phenoxy) is 4. The number of unbranched alkanes of at least 4 members (excludes halogenated alkanes) is 37. The molecule has 0 heterocycles. The second-order valence-corrected chi connectivity index (χ2v) is 26.9. The van der Waals surface area contributed by atoms with Crippen molar-refractivity contribution < 1.29 is 80.2 Å². The van der Waals surface area contributed by atoms with Crippen molar-refractivity contribution in [3.63, 3.8) is 0 Å². The lowest BCUT2D eigenvalue weighted by molar-refractivity contribution is -0.161. The molecule has 0 rings (SSSR count). The van der Waals surface area contributed by atoms with Crippen LogP contribution in [0, 0.1) is 5.92 Å².